The minimum Gasteiger partial charge on any atom is -0.288 e. The Hall–Kier alpha value is -1.52. The average molecular weight is 244 g/mol. The molecule has 0 radical (unpaired) electrons. The smallest absolute Gasteiger partial charge is 0.0994 e. The number of hydrogen-bond donors (Lipinski definition) is 0. The van der Waals surface area contributed by atoms with Crippen LogP contribution in [0.25, 0.3) is 0 Å². The van der Waals surface area contributed by atoms with Crippen LogP contribution in [0.4, 0.5) is 0 Å². The van der Waals surface area contributed by atoms with E-state index >= 15 is 0 Å². The van der Waals surface area contributed by atoms with Gasteiger partial charge in [-0.3, -0.25) is 19.8 Å². The Kier molecular flexibility index (Phi) is 3.59. The van der Waals surface area contributed by atoms with E-state index in [2.05, 4.69) is 54.0 Å². The predicted molar refractivity (Wildman–Crippen MR) is 74.6 cm³/mol. The molecule has 4 heteroatoms. The fourth-order valence-electron chi connectivity index (χ4n) is 2.30. The molecule has 0 atom stereocenters. The molecule has 2 rings (SSSR count). The van der Waals surface area contributed by atoms with Crippen LogP contribution in [0.3, 0.4) is 0 Å². The zero-order valence-corrected chi connectivity index (χ0v) is 11.5. The van der Waals surface area contributed by atoms with Gasteiger partial charge in [-0.2, -0.15) is 0 Å². The quantitative estimate of drug-likeness (QED) is 0.757. The highest BCUT2D eigenvalue weighted by atomic mass is 15.4. The van der Waals surface area contributed by atoms with E-state index in [0.29, 0.717) is 0 Å². The van der Waals surface area contributed by atoms with Crippen LogP contribution in [0.5, 0.6) is 0 Å². The van der Waals surface area contributed by atoms with Crippen molar-refractivity contribution in [3.63, 3.8) is 0 Å². The van der Waals surface area contributed by atoms with Crippen LogP contribution in [0.2, 0.25) is 0 Å². The molecular formula is C14H20N4. The summed E-state index contributed by atoms with van der Waals surface area (Å²) in [5.41, 5.74) is 1.85. The van der Waals surface area contributed by atoms with Gasteiger partial charge in [-0.05, 0) is 46.4 Å². The van der Waals surface area contributed by atoms with Crippen LogP contribution in [0, 0.1) is 0 Å². The molecule has 0 spiro atoms. The summed E-state index contributed by atoms with van der Waals surface area (Å²) < 4.78 is 0. The van der Waals surface area contributed by atoms with Crippen LogP contribution in [-0.2, 0) is 0 Å². The summed E-state index contributed by atoms with van der Waals surface area (Å²) in [5.74, 6) is 0. The summed E-state index contributed by atoms with van der Waals surface area (Å²) in [6.07, 6.45) is 6.66. The maximum absolute atomic E-state index is 4.48. The number of rotatable bonds is 3. The van der Waals surface area contributed by atoms with Gasteiger partial charge in [0.15, 0.2) is 0 Å². The average Bonchev–Trinajstić information content (AvgIpc) is 2.39. The summed E-state index contributed by atoms with van der Waals surface area (Å²) in [7, 11) is 8.36. The van der Waals surface area contributed by atoms with Crippen molar-refractivity contribution >= 4 is 5.71 Å². The Morgan fingerprint density at radius 3 is 2.39 bits per heavy atom. The second-order valence-electron chi connectivity index (χ2n) is 4.95. The molecule has 96 valence electrons. The third-order valence-corrected chi connectivity index (χ3v) is 3.51. The van der Waals surface area contributed by atoms with E-state index in [1.54, 1.807) is 0 Å². The van der Waals surface area contributed by atoms with Gasteiger partial charge in [0.2, 0.25) is 0 Å². The first kappa shape index (κ1) is 12.9. The molecule has 1 aromatic heterocycles. The summed E-state index contributed by atoms with van der Waals surface area (Å²) in [4.78, 5) is 13.3. The van der Waals surface area contributed by atoms with Gasteiger partial charge in [0.05, 0.1) is 17.1 Å². The number of nitrogens with zero attached hydrogens (tertiary/aromatic N) is 4. The van der Waals surface area contributed by atoms with E-state index in [0.717, 1.165) is 17.8 Å². The van der Waals surface area contributed by atoms with Gasteiger partial charge in [0.1, 0.15) is 0 Å². The lowest BCUT2D eigenvalue weighted by molar-refractivity contribution is 0.0560. The molecule has 0 aliphatic carbocycles. The molecule has 0 unspecified atom stereocenters. The van der Waals surface area contributed by atoms with Crippen LogP contribution in [-0.4, -0.2) is 54.3 Å². The zero-order valence-electron chi connectivity index (χ0n) is 11.5. The van der Waals surface area contributed by atoms with Gasteiger partial charge >= 0.3 is 0 Å². The van der Waals surface area contributed by atoms with E-state index in [1.165, 1.54) is 0 Å². The highest BCUT2D eigenvalue weighted by Crippen LogP contribution is 2.27. The minimum absolute atomic E-state index is 0.130. The van der Waals surface area contributed by atoms with E-state index in [4.69, 9.17) is 0 Å². The Bertz CT molecular complexity index is 452. The SMILES string of the molecule is CN(C)C1(N(C)C)C=CN=C(c2ccccn2)C1. The lowest BCUT2D eigenvalue weighted by atomic mass is 9.95. The van der Waals surface area contributed by atoms with Gasteiger partial charge < -0.3 is 0 Å². The lowest BCUT2D eigenvalue weighted by Gasteiger charge is -2.44. The molecule has 18 heavy (non-hydrogen) atoms. The van der Waals surface area contributed by atoms with E-state index < -0.39 is 0 Å². The van der Waals surface area contributed by atoms with Crippen molar-refractivity contribution in [2.45, 2.75) is 12.1 Å². The van der Waals surface area contributed by atoms with Crippen molar-refractivity contribution in [2.75, 3.05) is 28.2 Å². The third kappa shape index (κ3) is 2.21. The fourth-order valence-corrected chi connectivity index (χ4v) is 2.30. The first-order chi connectivity index (χ1) is 8.56. The summed E-state index contributed by atoms with van der Waals surface area (Å²) in [6, 6.07) is 5.93. The molecule has 2 heterocycles. The first-order valence-electron chi connectivity index (χ1n) is 6.07. The van der Waals surface area contributed by atoms with Crippen molar-refractivity contribution in [2.24, 2.45) is 4.99 Å². The van der Waals surface area contributed by atoms with Gasteiger partial charge in [-0.1, -0.05) is 6.07 Å². The zero-order chi connectivity index (χ0) is 13.2. The molecular weight excluding hydrogens is 224 g/mol. The van der Waals surface area contributed by atoms with Crippen molar-refractivity contribution < 1.29 is 0 Å². The molecule has 1 aliphatic heterocycles. The molecule has 0 N–H and O–H groups in total. The van der Waals surface area contributed by atoms with Crippen molar-refractivity contribution in [3.05, 3.63) is 42.4 Å². The highest BCUT2D eigenvalue weighted by Gasteiger charge is 2.36. The number of aliphatic imine (C=N–C) groups is 1. The Morgan fingerprint density at radius 2 is 1.83 bits per heavy atom. The second kappa shape index (κ2) is 5.00. The molecule has 1 aromatic rings. The van der Waals surface area contributed by atoms with Gasteiger partial charge in [0, 0.05) is 18.8 Å². The maximum Gasteiger partial charge on any atom is 0.0994 e. The van der Waals surface area contributed by atoms with E-state index in [9.17, 15) is 0 Å². The van der Waals surface area contributed by atoms with E-state index in [-0.39, 0.29) is 5.66 Å². The van der Waals surface area contributed by atoms with Gasteiger partial charge in [-0.15, -0.1) is 0 Å². The number of likely N-dealkylation sites (N-methyl/N-ethyl adjacent to an activating group) is 2. The lowest BCUT2D eigenvalue weighted by Crippen LogP contribution is -2.55. The molecule has 0 bridgehead atoms. The molecule has 4 nitrogen and oxygen atoms in total. The number of pyridine rings is 1. The highest BCUT2D eigenvalue weighted by molar-refractivity contribution is 6.00. The van der Waals surface area contributed by atoms with Crippen LogP contribution in [0.1, 0.15) is 12.1 Å². The van der Waals surface area contributed by atoms with Crippen LogP contribution < -0.4 is 0 Å². The predicted octanol–water partition coefficient (Wildman–Crippen LogP) is 1.61. The summed E-state index contributed by atoms with van der Waals surface area (Å²) in [6.45, 7) is 0. The molecule has 0 amide bonds. The van der Waals surface area contributed by atoms with Gasteiger partial charge in [-0.25, -0.2) is 0 Å². The Morgan fingerprint density at radius 1 is 1.11 bits per heavy atom. The normalized spacial score (nSPS) is 18.2. The Labute approximate surface area is 109 Å². The van der Waals surface area contributed by atoms with Gasteiger partial charge in [0.25, 0.3) is 0 Å². The molecule has 0 saturated carbocycles. The second-order valence-corrected chi connectivity index (χ2v) is 4.95. The first-order valence-corrected chi connectivity index (χ1v) is 6.07. The Balaban J connectivity index is 2.34. The maximum atomic E-state index is 4.48. The standard InChI is InChI=1S/C14H20N4/c1-17(2)14(18(3)4)8-10-16-13(11-14)12-7-5-6-9-15-12/h5-10H,11H2,1-4H3. The monoisotopic (exact) mass is 244 g/mol. The van der Waals surface area contributed by atoms with Crippen LogP contribution in [0.15, 0.2) is 41.7 Å². The summed E-state index contributed by atoms with van der Waals surface area (Å²) >= 11 is 0. The van der Waals surface area contributed by atoms with Crippen LogP contribution >= 0.6 is 0 Å². The van der Waals surface area contributed by atoms with Crippen molar-refractivity contribution in [1.29, 1.82) is 0 Å². The van der Waals surface area contributed by atoms with E-state index in [1.807, 2.05) is 30.6 Å². The topological polar surface area (TPSA) is 31.7 Å². The fraction of sp³-hybridized carbons (Fsp3) is 0.429. The molecule has 0 fully saturated rings. The number of hydrogen-bond acceptors (Lipinski definition) is 4. The minimum atomic E-state index is -0.130. The van der Waals surface area contributed by atoms with Crippen molar-refractivity contribution in [1.82, 2.24) is 14.8 Å². The third-order valence-electron chi connectivity index (χ3n) is 3.51. The van der Waals surface area contributed by atoms with Crippen molar-refractivity contribution in [3.8, 4) is 0 Å². The largest absolute Gasteiger partial charge is 0.288 e. The molecule has 1 aliphatic rings. The summed E-state index contributed by atoms with van der Waals surface area (Å²) in [5, 5.41) is 0. The number of aromatic nitrogens is 1. The molecule has 0 aromatic carbocycles. The molecule has 0 saturated heterocycles.